The molecule has 0 fully saturated rings. The Morgan fingerprint density at radius 3 is 0.839 bits per heavy atom. The summed E-state index contributed by atoms with van der Waals surface area (Å²) in [6, 6.07) is 23.3. The van der Waals surface area contributed by atoms with Crippen molar-refractivity contribution in [1.29, 1.82) is 0 Å². The minimum atomic E-state index is 0.695. The van der Waals surface area contributed by atoms with E-state index in [0.717, 1.165) is 86.3 Å². The Bertz CT molecular complexity index is 1600. The van der Waals surface area contributed by atoms with E-state index in [4.69, 9.17) is 24.9 Å². The summed E-state index contributed by atoms with van der Waals surface area (Å²) < 4.78 is 0. The van der Waals surface area contributed by atoms with E-state index >= 15 is 0 Å². The predicted molar refractivity (Wildman–Crippen MR) is 236 cm³/mol. The van der Waals surface area contributed by atoms with E-state index in [9.17, 15) is 0 Å². The van der Waals surface area contributed by atoms with Crippen LogP contribution in [0.2, 0.25) is 0 Å². The molecule has 0 aliphatic heterocycles. The lowest BCUT2D eigenvalue weighted by Gasteiger charge is -2.26. The highest BCUT2D eigenvalue weighted by Gasteiger charge is 2.21. The van der Waals surface area contributed by atoms with Crippen LogP contribution in [0.1, 0.15) is 129 Å². The smallest absolute Gasteiger partial charge is 0.142 e. The summed E-state index contributed by atoms with van der Waals surface area (Å²) in [6.07, 6.45) is 21.6. The van der Waals surface area contributed by atoms with E-state index in [0.29, 0.717) is 23.7 Å². The van der Waals surface area contributed by atoms with E-state index in [1.165, 1.54) is 47.9 Å². The fourth-order valence-corrected chi connectivity index (χ4v) is 7.01. The molecule has 0 bridgehead atoms. The number of pyridine rings is 5. The molecule has 5 rings (SSSR count). The van der Waals surface area contributed by atoms with Crippen LogP contribution in [0.5, 0.6) is 0 Å². The second-order valence-electron chi connectivity index (χ2n) is 17.3. The van der Waals surface area contributed by atoms with Crippen molar-refractivity contribution in [3.8, 4) is 0 Å². The van der Waals surface area contributed by atoms with Crippen LogP contribution in [0.25, 0.3) is 0 Å². The Morgan fingerprint density at radius 1 is 0.357 bits per heavy atom. The van der Waals surface area contributed by atoms with Gasteiger partial charge in [0.1, 0.15) is 34.9 Å². The highest BCUT2D eigenvalue weighted by molar-refractivity contribution is 5.74. The van der Waals surface area contributed by atoms with Crippen LogP contribution in [0.3, 0.4) is 0 Å². The van der Waals surface area contributed by atoms with Crippen LogP contribution in [-0.2, 0) is 25.7 Å². The van der Waals surface area contributed by atoms with Gasteiger partial charge in [0.2, 0.25) is 0 Å². The van der Waals surface area contributed by atoms with Crippen LogP contribution in [0.15, 0.2) is 91.5 Å². The Kier molecular flexibility index (Phi) is 16.4. The van der Waals surface area contributed by atoms with Gasteiger partial charge in [-0.2, -0.15) is 0 Å². The molecule has 0 unspecified atom stereocenters. The third-order valence-corrected chi connectivity index (χ3v) is 10.3. The molecule has 56 heavy (non-hydrogen) atoms. The molecule has 7 heteroatoms. The molecule has 0 amide bonds. The van der Waals surface area contributed by atoms with E-state index in [1.54, 1.807) is 0 Å². The zero-order chi connectivity index (χ0) is 39.9. The minimum Gasteiger partial charge on any atom is -0.262 e. The van der Waals surface area contributed by atoms with Gasteiger partial charge in [-0.25, -0.2) is 24.9 Å². The normalized spacial score (nSPS) is 11.6. The molecule has 0 N–H and O–H groups in total. The van der Waals surface area contributed by atoms with Crippen LogP contribution < -0.4 is 9.80 Å². The largest absolute Gasteiger partial charge is 0.262 e. The third-order valence-electron chi connectivity index (χ3n) is 10.3. The average molecular weight is 754 g/mol. The Balaban J connectivity index is 1.51. The van der Waals surface area contributed by atoms with Gasteiger partial charge in [-0.15, -0.1) is 0 Å². The molecule has 5 heterocycles. The van der Waals surface area contributed by atoms with Crippen molar-refractivity contribution in [2.75, 3.05) is 9.80 Å². The fraction of sp³-hybridized carbons (Fsp3) is 0.490. The first kappa shape index (κ1) is 42.5. The molecule has 0 aliphatic rings. The van der Waals surface area contributed by atoms with Gasteiger partial charge in [0.15, 0.2) is 0 Å². The molecular weight excluding hydrogens is 687 g/mol. The summed E-state index contributed by atoms with van der Waals surface area (Å²) in [5.74, 6) is 7.35. The van der Waals surface area contributed by atoms with Gasteiger partial charge < -0.3 is 0 Å². The minimum absolute atomic E-state index is 0.695. The molecule has 5 aromatic rings. The second kappa shape index (κ2) is 21.6. The first-order chi connectivity index (χ1) is 27.0. The maximum Gasteiger partial charge on any atom is 0.142 e. The number of rotatable bonds is 22. The van der Waals surface area contributed by atoms with Gasteiger partial charge in [-0.3, -0.25) is 9.80 Å². The Labute approximate surface area is 338 Å². The predicted octanol–water partition coefficient (Wildman–Crippen LogP) is 13.5. The number of nitrogens with zero attached hydrogens (tertiary/aromatic N) is 7. The quantitative estimate of drug-likeness (QED) is 0.0697. The first-order valence-corrected chi connectivity index (χ1v) is 21.4. The van der Waals surface area contributed by atoms with Crippen molar-refractivity contribution >= 4 is 34.9 Å². The molecule has 0 aromatic carbocycles. The average Bonchev–Trinajstić information content (AvgIpc) is 3.17. The standard InChI is InChI=1S/C49H67N7/c1-36(2)14-9-18-40-24-28-44(50-32-40)55(45-29-25-41(33-51-45)19-10-15-37(3)4)48-22-13-23-49(54-48)56(46-30-26-42(34-52-46)20-11-16-38(5)6)47-31-27-43(35-53-47)21-12-17-39(7)8/h13,22-39H,9-12,14-21H2,1-8H3. The highest BCUT2D eigenvalue weighted by Crippen LogP contribution is 2.36. The zero-order valence-electron chi connectivity index (χ0n) is 35.6. The van der Waals surface area contributed by atoms with Crippen LogP contribution in [-0.4, -0.2) is 24.9 Å². The molecular formula is C49H67N7. The van der Waals surface area contributed by atoms with Crippen molar-refractivity contribution in [2.24, 2.45) is 23.7 Å². The van der Waals surface area contributed by atoms with E-state index in [-0.39, 0.29) is 0 Å². The summed E-state index contributed by atoms with van der Waals surface area (Å²) in [7, 11) is 0. The molecule has 7 nitrogen and oxygen atoms in total. The van der Waals surface area contributed by atoms with E-state index in [1.807, 2.05) is 36.9 Å². The molecule has 0 spiro atoms. The number of anilines is 6. The van der Waals surface area contributed by atoms with Crippen LogP contribution in [0.4, 0.5) is 34.9 Å². The molecule has 0 radical (unpaired) electrons. The summed E-state index contributed by atoms with van der Waals surface area (Å²) in [6.45, 7) is 18.3. The topological polar surface area (TPSA) is 70.9 Å². The van der Waals surface area contributed by atoms with Crippen molar-refractivity contribution < 1.29 is 0 Å². The molecule has 0 atom stereocenters. The Hall–Kier alpha value is -4.65. The summed E-state index contributed by atoms with van der Waals surface area (Å²) >= 11 is 0. The van der Waals surface area contributed by atoms with Gasteiger partial charge >= 0.3 is 0 Å². The number of hydrogen-bond donors (Lipinski definition) is 0. The van der Waals surface area contributed by atoms with Gasteiger partial charge in [-0.1, -0.05) is 111 Å². The lowest BCUT2D eigenvalue weighted by molar-refractivity contribution is 0.555. The van der Waals surface area contributed by atoms with Gasteiger partial charge in [0.25, 0.3) is 0 Å². The molecule has 0 saturated carbocycles. The number of aryl methyl sites for hydroxylation is 4. The number of aromatic nitrogens is 5. The summed E-state index contributed by atoms with van der Waals surface area (Å²) in [5.41, 5.74) is 4.97. The fourth-order valence-electron chi connectivity index (χ4n) is 7.01. The maximum atomic E-state index is 5.34. The van der Waals surface area contributed by atoms with Gasteiger partial charge in [-0.05, 0) is 134 Å². The van der Waals surface area contributed by atoms with Crippen LogP contribution in [0, 0.1) is 23.7 Å². The molecule has 5 aromatic heterocycles. The lowest BCUT2D eigenvalue weighted by atomic mass is 10.0. The molecule has 0 saturated heterocycles. The SMILES string of the molecule is CC(C)CCCc1ccc(N(c2ccc(CCCC(C)C)cn2)c2cccc(N(c3ccc(CCCC(C)C)cn3)c3ccc(CCCC(C)C)cn3)n2)nc1. The van der Waals surface area contributed by atoms with Crippen molar-refractivity contribution in [2.45, 2.75) is 132 Å². The monoisotopic (exact) mass is 754 g/mol. The van der Waals surface area contributed by atoms with E-state index in [2.05, 4.69) is 120 Å². The zero-order valence-corrected chi connectivity index (χ0v) is 35.6. The lowest BCUT2D eigenvalue weighted by Crippen LogP contribution is -2.18. The van der Waals surface area contributed by atoms with Gasteiger partial charge in [0.05, 0.1) is 0 Å². The Morgan fingerprint density at radius 2 is 0.625 bits per heavy atom. The van der Waals surface area contributed by atoms with Crippen molar-refractivity contribution in [1.82, 2.24) is 24.9 Å². The maximum absolute atomic E-state index is 5.34. The van der Waals surface area contributed by atoms with Crippen molar-refractivity contribution in [3.63, 3.8) is 0 Å². The van der Waals surface area contributed by atoms with Crippen LogP contribution >= 0.6 is 0 Å². The summed E-state index contributed by atoms with van der Waals surface area (Å²) in [4.78, 5) is 29.5. The summed E-state index contributed by atoms with van der Waals surface area (Å²) in [5, 5.41) is 0. The van der Waals surface area contributed by atoms with E-state index < -0.39 is 0 Å². The second-order valence-corrected chi connectivity index (χ2v) is 17.3. The molecule has 298 valence electrons. The molecule has 0 aliphatic carbocycles. The van der Waals surface area contributed by atoms with Crippen molar-refractivity contribution in [3.05, 3.63) is 114 Å². The number of hydrogen-bond acceptors (Lipinski definition) is 7. The first-order valence-electron chi connectivity index (χ1n) is 21.4. The highest BCUT2D eigenvalue weighted by atomic mass is 15.3. The van der Waals surface area contributed by atoms with Gasteiger partial charge in [0, 0.05) is 24.8 Å². The third kappa shape index (κ3) is 13.2.